The van der Waals surface area contributed by atoms with Gasteiger partial charge in [-0.25, -0.2) is 0 Å². The van der Waals surface area contributed by atoms with Gasteiger partial charge in [-0.05, 0) is 19.1 Å². The molecule has 1 aromatic rings. The molecule has 12 heavy (non-hydrogen) atoms. The zero-order valence-electron chi connectivity index (χ0n) is 7.06. The maximum atomic E-state index is 11.4. The molecule has 65 valence electrons. The van der Waals surface area contributed by atoms with Crippen LogP contribution in [0.4, 0.5) is 0 Å². The Morgan fingerprint density at radius 1 is 1.33 bits per heavy atom. The molecule has 0 amide bonds. The Morgan fingerprint density at radius 3 is 2.58 bits per heavy atom. The van der Waals surface area contributed by atoms with Gasteiger partial charge in [-0.2, -0.15) is 0 Å². The average molecular weight is 183 g/mol. The SMILES string of the molecule is CCOC[P](=O)c1ccccc1. The van der Waals surface area contributed by atoms with Crippen LogP contribution in [0.2, 0.25) is 0 Å². The van der Waals surface area contributed by atoms with Crippen LogP contribution in [0.25, 0.3) is 0 Å². The summed E-state index contributed by atoms with van der Waals surface area (Å²) < 4.78 is 16.5. The summed E-state index contributed by atoms with van der Waals surface area (Å²) in [7, 11) is -1.35. The van der Waals surface area contributed by atoms with Crippen LogP contribution < -0.4 is 5.30 Å². The molecule has 0 saturated heterocycles. The van der Waals surface area contributed by atoms with Crippen LogP contribution in [-0.2, 0) is 9.30 Å². The molecule has 0 N–H and O–H groups in total. The summed E-state index contributed by atoms with van der Waals surface area (Å²) in [5.41, 5.74) is 0. The van der Waals surface area contributed by atoms with Gasteiger partial charge in [-0.3, -0.25) is 4.57 Å². The fourth-order valence-electron chi connectivity index (χ4n) is 0.843. The Labute approximate surface area is 73.3 Å². The van der Waals surface area contributed by atoms with Gasteiger partial charge in [0.05, 0.1) is 0 Å². The first-order valence-corrected chi connectivity index (χ1v) is 5.36. The van der Waals surface area contributed by atoms with Gasteiger partial charge >= 0.3 is 0 Å². The average Bonchev–Trinajstić information content (AvgIpc) is 2.15. The van der Waals surface area contributed by atoms with E-state index in [2.05, 4.69) is 0 Å². The van der Waals surface area contributed by atoms with Crippen LogP contribution in [-0.4, -0.2) is 13.0 Å². The van der Waals surface area contributed by atoms with Crippen molar-refractivity contribution in [2.24, 2.45) is 0 Å². The lowest BCUT2D eigenvalue weighted by Gasteiger charge is -2.00. The highest BCUT2D eigenvalue weighted by atomic mass is 31.1. The van der Waals surface area contributed by atoms with Crippen LogP contribution in [0.3, 0.4) is 0 Å². The molecular formula is C9H12O2P. The molecule has 2 nitrogen and oxygen atoms in total. The van der Waals surface area contributed by atoms with Crippen LogP contribution in [0.15, 0.2) is 30.3 Å². The highest BCUT2D eigenvalue weighted by Gasteiger charge is 2.01. The van der Waals surface area contributed by atoms with Gasteiger partial charge in [0.1, 0.15) is 14.1 Å². The third-order valence-corrected chi connectivity index (χ3v) is 2.75. The van der Waals surface area contributed by atoms with E-state index in [9.17, 15) is 4.57 Å². The summed E-state index contributed by atoms with van der Waals surface area (Å²) in [5, 5.41) is 0.862. The number of ether oxygens (including phenoxy) is 1. The van der Waals surface area contributed by atoms with E-state index in [1.807, 2.05) is 37.3 Å². The van der Waals surface area contributed by atoms with Gasteiger partial charge in [-0.1, -0.05) is 18.2 Å². The Bertz CT molecular complexity index is 246. The Kier molecular flexibility index (Phi) is 3.92. The van der Waals surface area contributed by atoms with Crippen LogP contribution in [0.1, 0.15) is 6.92 Å². The largest absolute Gasteiger partial charge is 0.370 e. The Balaban J connectivity index is 2.54. The van der Waals surface area contributed by atoms with E-state index in [1.54, 1.807) is 0 Å². The quantitative estimate of drug-likeness (QED) is 0.668. The van der Waals surface area contributed by atoms with Crippen molar-refractivity contribution < 1.29 is 9.30 Å². The van der Waals surface area contributed by atoms with Gasteiger partial charge in [0.25, 0.3) is 0 Å². The lowest BCUT2D eigenvalue weighted by Crippen LogP contribution is -1.99. The molecule has 0 heterocycles. The molecule has 0 bridgehead atoms. The second-order valence-electron chi connectivity index (χ2n) is 2.34. The standard InChI is InChI=1S/C9H12O2P/c1-2-11-8-12(10)9-6-4-3-5-7-9/h3-7H,2,8H2,1H3. The van der Waals surface area contributed by atoms with Crippen LogP contribution in [0, 0.1) is 0 Å². The van der Waals surface area contributed by atoms with E-state index < -0.39 is 7.80 Å². The van der Waals surface area contributed by atoms with Crippen molar-refractivity contribution in [2.45, 2.75) is 6.92 Å². The minimum absolute atomic E-state index is 0.329. The van der Waals surface area contributed by atoms with E-state index >= 15 is 0 Å². The van der Waals surface area contributed by atoms with Gasteiger partial charge in [0.15, 0.2) is 0 Å². The summed E-state index contributed by atoms with van der Waals surface area (Å²) in [6.45, 7) is 2.52. The fourth-order valence-corrected chi connectivity index (χ4v) is 1.85. The predicted octanol–water partition coefficient (Wildman–Crippen LogP) is 2.13. The van der Waals surface area contributed by atoms with E-state index in [0.29, 0.717) is 13.0 Å². The molecule has 1 radical (unpaired) electrons. The third kappa shape index (κ3) is 2.72. The van der Waals surface area contributed by atoms with E-state index in [-0.39, 0.29) is 0 Å². The second kappa shape index (κ2) is 5.02. The Morgan fingerprint density at radius 2 is 2.00 bits per heavy atom. The van der Waals surface area contributed by atoms with Crippen LogP contribution >= 0.6 is 7.80 Å². The normalized spacial score (nSPS) is 11.2. The van der Waals surface area contributed by atoms with E-state index in [1.165, 1.54) is 0 Å². The molecule has 1 atom stereocenters. The molecule has 0 aliphatic heterocycles. The minimum atomic E-state index is -1.35. The summed E-state index contributed by atoms with van der Waals surface area (Å²) in [5.74, 6) is 0. The van der Waals surface area contributed by atoms with Gasteiger partial charge in [0, 0.05) is 11.9 Å². The topological polar surface area (TPSA) is 26.3 Å². The van der Waals surface area contributed by atoms with Gasteiger partial charge in [-0.15, -0.1) is 0 Å². The highest BCUT2D eigenvalue weighted by Crippen LogP contribution is 2.18. The smallest absolute Gasteiger partial charge is 0.130 e. The second-order valence-corrected chi connectivity index (χ2v) is 3.87. The highest BCUT2D eigenvalue weighted by molar-refractivity contribution is 7.53. The zero-order valence-corrected chi connectivity index (χ0v) is 7.96. The molecule has 0 aliphatic carbocycles. The minimum Gasteiger partial charge on any atom is -0.370 e. The van der Waals surface area contributed by atoms with Crippen molar-refractivity contribution in [1.29, 1.82) is 0 Å². The zero-order chi connectivity index (χ0) is 8.81. The first-order chi connectivity index (χ1) is 5.84. The number of hydrogen-bond donors (Lipinski definition) is 0. The lowest BCUT2D eigenvalue weighted by atomic mass is 10.4. The summed E-state index contributed by atoms with van der Waals surface area (Å²) in [6, 6.07) is 9.39. The predicted molar refractivity (Wildman–Crippen MR) is 50.2 cm³/mol. The van der Waals surface area contributed by atoms with Crippen molar-refractivity contribution in [3.05, 3.63) is 30.3 Å². The summed E-state index contributed by atoms with van der Waals surface area (Å²) in [4.78, 5) is 0. The van der Waals surface area contributed by atoms with Crippen molar-refractivity contribution >= 4 is 13.1 Å². The maximum Gasteiger partial charge on any atom is 0.130 e. The molecule has 0 fully saturated rings. The first kappa shape index (κ1) is 9.37. The molecule has 1 unspecified atom stereocenters. The number of benzene rings is 1. The van der Waals surface area contributed by atoms with Crippen molar-refractivity contribution in [3.63, 3.8) is 0 Å². The fraction of sp³-hybridized carbons (Fsp3) is 0.333. The number of rotatable bonds is 4. The van der Waals surface area contributed by atoms with Crippen molar-refractivity contribution in [1.82, 2.24) is 0 Å². The molecular weight excluding hydrogens is 171 g/mol. The molecule has 0 aromatic heterocycles. The third-order valence-electron chi connectivity index (χ3n) is 1.46. The lowest BCUT2D eigenvalue weighted by molar-refractivity contribution is 0.194. The van der Waals surface area contributed by atoms with Crippen molar-refractivity contribution in [3.8, 4) is 0 Å². The first-order valence-electron chi connectivity index (χ1n) is 3.92. The molecule has 0 saturated carbocycles. The molecule has 1 aromatic carbocycles. The Hall–Kier alpha value is -0.720. The molecule has 0 spiro atoms. The molecule has 3 heteroatoms. The molecule has 0 aliphatic rings. The summed E-state index contributed by atoms with van der Waals surface area (Å²) in [6.07, 6.45) is 0.329. The van der Waals surface area contributed by atoms with Crippen molar-refractivity contribution in [2.75, 3.05) is 13.0 Å². The summed E-state index contributed by atoms with van der Waals surface area (Å²) >= 11 is 0. The van der Waals surface area contributed by atoms with Crippen LogP contribution in [0.5, 0.6) is 0 Å². The number of hydrogen-bond acceptors (Lipinski definition) is 2. The van der Waals surface area contributed by atoms with Gasteiger partial charge < -0.3 is 4.74 Å². The van der Waals surface area contributed by atoms with Gasteiger partial charge in [0.2, 0.25) is 0 Å². The maximum absolute atomic E-state index is 11.4. The monoisotopic (exact) mass is 183 g/mol. The van der Waals surface area contributed by atoms with E-state index in [0.717, 1.165) is 5.30 Å². The van der Waals surface area contributed by atoms with E-state index in [4.69, 9.17) is 4.74 Å². The molecule has 1 rings (SSSR count).